The molecule has 7 heteroatoms. The molecule has 0 aliphatic rings. The quantitative estimate of drug-likeness (QED) is 0.723. The molecule has 112 valence electrons. The monoisotopic (exact) mass is 432 g/mol. The first-order valence-electron chi connectivity index (χ1n) is 6.09. The van der Waals surface area contributed by atoms with Gasteiger partial charge in [0, 0.05) is 21.2 Å². The van der Waals surface area contributed by atoms with Gasteiger partial charge in [0.05, 0.1) is 0 Å². The normalized spacial score (nSPS) is 11.6. The third kappa shape index (κ3) is 4.06. The first-order chi connectivity index (χ1) is 9.79. The van der Waals surface area contributed by atoms with Gasteiger partial charge in [0.2, 0.25) is 10.0 Å². The van der Waals surface area contributed by atoms with Crippen LogP contribution < -0.4 is 10.5 Å². The lowest BCUT2D eigenvalue weighted by Crippen LogP contribution is -2.24. The van der Waals surface area contributed by atoms with Crippen molar-refractivity contribution in [2.45, 2.75) is 18.4 Å². The molecule has 0 aromatic heterocycles. The molecule has 2 aromatic carbocycles. The topological polar surface area (TPSA) is 72.2 Å². The molecular formula is C14H14Br2N2O2S. The summed E-state index contributed by atoms with van der Waals surface area (Å²) in [7, 11) is -3.65. The summed E-state index contributed by atoms with van der Waals surface area (Å²) in [5.41, 5.74) is 8.14. The molecule has 0 aliphatic heterocycles. The maximum absolute atomic E-state index is 12.4. The van der Waals surface area contributed by atoms with Crippen LogP contribution in [0.15, 0.2) is 50.2 Å². The Morgan fingerprint density at radius 1 is 1.14 bits per heavy atom. The third-order valence-corrected chi connectivity index (χ3v) is 6.12. The van der Waals surface area contributed by atoms with Crippen LogP contribution in [0.25, 0.3) is 0 Å². The van der Waals surface area contributed by atoms with Crippen molar-refractivity contribution >= 4 is 47.6 Å². The number of hydrogen-bond acceptors (Lipinski definition) is 3. The van der Waals surface area contributed by atoms with E-state index in [2.05, 4.69) is 36.6 Å². The van der Waals surface area contributed by atoms with Gasteiger partial charge in [-0.3, -0.25) is 0 Å². The molecule has 0 bridgehead atoms. The Labute approximate surface area is 141 Å². The molecule has 4 nitrogen and oxygen atoms in total. The smallest absolute Gasteiger partial charge is 0.243 e. The Kier molecular flexibility index (Phi) is 5.08. The van der Waals surface area contributed by atoms with Gasteiger partial charge in [-0.25, -0.2) is 13.1 Å². The van der Waals surface area contributed by atoms with Crippen molar-refractivity contribution in [3.63, 3.8) is 0 Å². The number of halogens is 2. The van der Waals surface area contributed by atoms with Crippen molar-refractivity contribution in [2.75, 3.05) is 5.73 Å². The van der Waals surface area contributed by atoms with Gasteiger partial charge in [-0.2, -0.15) is 0 Å². The summed E-state index contributed by atoms with van der Waals surface area (Å²) in [6, 6.07) is 10.8. The lowest BCUT2D eigenvalue weighted by atomic mass is 10.1. The second kappa shape index (κ2) is 6.48. The Hall–Kier alpha value is -0.890. The highest BCUT2D eigenvalue weighted by Crippen LogP contribution is 2.32. The second-order valence-electron chi connectivity index (χ2n) is 4.63. The van der Waals surface area contributed by atoms with Crippen LogP contribution in [0.3, 0.4) is 0 Å². The van der Waals surface area contributed by atoms with E-state index in [1.807, 2.05) is 31.2 Å². The molecule has 21 heavy (non-hydrogen) atoms. The summed E-state index contributed by atoms with van der Waals surface area (Å²) < 4.78 is 28.3. The zero-order valence-electron chi connectivity index (χ0n) is 11.2. The molecule has 0 radical (unpaired) electrons. The van der Waals surface area contributed by atoms with E-state index >= 15 is 0 Å². The minimum Gasteiger partial charge on any atom is -0.399 e. The number of nitrogen functional groups attached to an aromatic ring is 1. The number of nitrogens with one attached hydrogen (secondary N) is 1. The fraction of sp³-hybridized carbons (Fsp3) is 0.143. The lowest BCUT2D eigenvalue weighted by molar-refractivity contribution is 0.580. The summed E-state index contributed by atoms with van der Waals surface area (Å²) in [4.78, 5) is 0.143. The van der Waals surface area contributed by atoms with E-state index in [0.29, 0.717) is 14.6 Å². The van der Waals surface area contributed by atoms with Gasteiger partial charge >= 0.3 is 0 Å². The summed E-state index contributed by atoms with van der Waals surface area (Å²) in [6.45, 7) is 2.19. The van der Waals surface area contributed by atoms with Crippen molar-refractivity contribution in [3.8, 4) is 0 Å². The van der Waals surface area contributed by atoms with Crippen LogP contribution in [0.2, 0.25) is 0 Å². The van der Waals surface area contributed by atoms with Gasteiger partial charge in [0.1, 0.15) is 4.90 Å². The molecule has 0 unspecified atom stereocenters. The number of rotatable bonds is 4. The van der Waals surface area contributed by atoms with Gasteiger partial charge in [-0.05, 0) is 56.5 Å². The van der Waals surface area contributed by atoms with Crippen LogP contribution >= 0.6 is 31.9 Å². The number of anilines is 1. The Balaban J connectivity index is 2.27. The SMILES string of the molecule is Cc1cccc(CNS(=O)(=O)c2c(Br)cc(N)cc2Br)c1. The minimum atomic E-state index is -3.65. The molecule has 0 spiro atoms. The first-order valence-corrected chi connectivity index (χ1v) is 9.16. The first kappa shape index (κ1) is 16.5. The van der Waals surface area contributed by atoms with Gasteiger partial charge < -0.3 is 5.73 Å². The predicted octanol–water partition coefficient (Wildman–Crippen LogP) is 3.58. The van der Waals surface area contributed by atoms with E-state index in [1.54, 1.807) is 12.1 Å². The number of aryl methyl sites for hydroxylation is 1. The molecule has 0 saturated heterocycles. The summed E-state index contributed by atoms with van der Waals surface area (Å²) >= 11 is 6.48. The van der Waals surface area contributed by atoms with Crippen LogP contribution in [0.5, 0.6) is 0 Å². The van der Waals surface area contributed by atoms with Gasteiger partial charge in [0.15, 0.2) is 0 Å². The van der Waals surface area contributed by atoms with E-state index < -0.39 is 10.0 Å². The molecule has 3 N–H and O–H groups in total. The molecule has 0 heterocycles. The van der Waals surface area contributed by atoms with E-state index in [0.717, 1.165) is 11.1 Å². The largest absolute Gasteiger partial charge is 0.399 e. The zero-order valence-corrected chi connectivity index (χ0v) is 15.2. The van der Waals surface area contributed by atoms with Crippen LogP contribution in [0, 0.1) is 6.92 Å². The number of nitrogens with two attached hydrogens (primary N) is 1. The minimum absolute atomic E-state index is 0.143. The highest BCUT2D eigenvalue weighted by Gasteiger charge is 2.21. The van der Waals surface area contributed by atoms with Crippen LogP contribution in [-0.2, 0) is 16.6 Å². The van der Waals surface area contributed by atoms with Crippen molar-refractivity contribution in [3.05, 3.63) is 56.5 Å². The standard InChI is InChI=1S/C14H14Br2N2O2S/c1-9-3-2-4-10(5-9)8-18-21(19,20)14-12(15)6-11(17)7-13(14)16/h2-7,18H,8,17H2,1H3. The predicted molar refractivity (Wildman–Crippen MR) is 91.5 cm³/mol. The molecule has 0 aliphatic carbocycles. The molecule has 2 rings (SSSR count). The molecule has 0 amide bonds. The van der Waals surface area contributed by atoms with E-state index in [1.165, 1.54) is 0 Å². The Morgan fingerprint density at radius 3 is 2.33 bits per heavy atom. The lowest BCUT2D eigenvalue weighted by Gasteiger charge is -2.11. The zero-order chi connectivity index (χ0) is 15.6. The number of sulfonamides is 1. The molecule has 2 aromatic rings. The van der Waals surface area contributed by atoms with Crippen molar-refractivity contribution in [1.29, 1.82) is 0 Å². The maximum Gasteiger partial charge on any atom is 0.243 e. The maximum atomic E-state index is 12.4. The molecule has 0 fully saturated rings. The molecule has 0 atom stereocenters. The molecular weight excluding hydrogens is 420 g/mol. The summed E-state index contributed by atoms with van der Waals surface area (Å²) in [5.74, 6) is 0. The van der Waals surface area contributed by atoms with E-state index in [4.69, 9.17) is 5.73 Å². The van der Waals surface area contributed by atoms with Gasteiger partial charge in [0.25, 0.3) is 0 Å². The van der Waals surface area contributed by atoms with Crippen LogP contribution in [0.1, 0.15) is 11.1 Å². The van der Waals surface area contributed by atoms with E-state index in [9.17, 15) is 8.42 Å². The third-order valence-electron chi connectivity index (χ3n) is 2.84. The summed E-state index contributed by atoms with van der Waals surface area (Å²) in [6.07, 6.45) is 0. The number of benzene rings is 2. The number of hydrogen-bond donors (Lipinski definition) is 2. The Morgan fingerprint density at radius 2 is 1.76 bits per heavy atom. The molecule has 0 saturated carbocycles. The van der Waals surface area contributed by atoms with Crippen molar-refractivity contribution in [1.82, 2.24) is 4.72 Å². The van der Waals surface area contributed by atoms with Crippen LogP contribution in [0.4, 0.5) is 5.69 Å². The van der Waals surface area contributed by atoms with Crippen molar-refractivity contribution < 1.29 is 8.42 Å². The van der Waals surface area contributed by atoms with Gasteiger partial charge in [-0.1, -0.05) is 29.8 Å². The fourth-order valence-corrected chi connectivity index (χ4v) is 5.54. The fourth-order valence-electron chi connectivity index (χ4n) is 1.91. The van der Waals surface area contributed by atoms with Crippen molar-refractivity contribution in [2.24, 2.45) is 0 Å². The highest BCUT2D eigenvalue weighted by atomic mass is 79.9. The summed E-state index contributed by atoms with van der Waals surface area (Å²) in [5, 5.41) is 0. The average Bonchev–Trinajstić information content (AvgIpc) is 2.35. The Bertz CT molecular complexity index is 753. The van der Waals surface area contributed by atoms with E-state index in [-0.39, 0.29) is 11.4 Å². The highest BCUT2D eigenvalue weighted by molar-refractivity contribution is 9.11. The van der Waals surface area contributed by atoms with Gasteiger partial charge in [-0.15, -0.1) is 0 Å². The van der Waals surface area contributed by atoms with Crippen LogP contribution in [-0.4, -0.2) is 8.42 Å². The average molecular weight is 434 g/mol. The second-order valence-corrected chi connectivity index (χ2v) is 8.04.